The molecule has 3 amide bonds. The number of rotatable bonds is 5. The second-order valence-electron chi connectivity index (χ2n) is 7.02. The fourth-order valence-corrected chi connectivity index (χ4v) is 5.93. The van der Waals surface area contributed by atoms with E-state index in [0.717, 1.165) is 4.90 Å². The number of imide groups is 1. The second kappa shape index (κ2) is 9.80. The molecule has 0 saturated heterocycles. The average molecular weight is 718 g/mol. The third-order valence-electron chi connectivity index (χ3n) is 5.12. The number of nitrogens with one attached hydrogen (secondary N) is 1. The number of hydrogen-bond donors (Lipinski definition) is 1. The van der Waals surface area contributed by atoms with E-state index in [1.54, 1.807) is 36.4 Å². The van der Waals surface area contributed by atoms with Crippen molar-refractivity contribution in [3.05, 3.63) is 77.0 Å². The zero-order valence-corrected chi connectivity index (χ0v) is 23.9. The zero-order chi connectivity index (χ0) is 24.7. The Kier molecular flexibility index (Phi) is 7.18. The quantitative estimate of drug-likeness (QED) is 0.178. The molecule has 0 aliphatic carbocycles. The summed E-state index contributed by atoms with van der Waals surface area (Å²) in [5.41, 5.74) is 1.38. The highest BCUT2D eigenvalue weighted by atomic mass is 79.9. The van der Waals surface area contributed by atoms with Gasteiger partial charge in [-0.2, -0.15) is 0 Å². The van der Waals surface area contributed by atoms with Gasteiger partial charge in [0.1, 0.15) is 11.5 Å². The maximum Gasteiger partial charge on any atom is 0.267 e. The van der Waals surface area contributed by atoms with Crippen molar-refractivity contribution in [3.8, 4) is 11.5 Å². The summed E-state index contributed by atoms with van der Waals surface area (Å²) in [5.74, 6) is -0.459. The van der Waals surface area contributed by atoms with Gasteiger partial charge in [0.25, 0.3) is 17.7 Å². The summed E-state index contributed by atoms with van der Waals surface area (Å²) < 4.78 is 12.6. The summed E-state index contributed by atoms with van der Waals surface area (Å²) >= 11 is 13.6. The van der Waals surface area contributed by atoms with Gasteiger partial charge in [-0.15, -0.1) is 0 Å². The molecule has 11 heteroatoms. The van der Waals surface area contributed by atoms with Crippen LogP contribution in [0.15, 0.2) is 60.4 Å². The zero-order valence-electron chi connectivity index (χ0n) is 17.5. The molecule has 0 fully saturated rings. The van der Waals surface area contributed by atoms with Crippen molar-refractivity contribution >= 4 is 92.8 Å². The second-order valence-corrected chi connectivity index (χ2v) is 10.2. The van der Waals surface area contributed by atoms with Gasteiger partial charge in [0, 0.05) is 29.5 Å². The van der Waals surface area contributed by atoms with Gasteiger partial charge in [-0.25, -0.2) is 4.90 Å². The van der Waals surface area contributed by atoms with E-state index in [4.69, 9.17) is 9.47 Å². The largest absolute Gasteiger partial charge is 0.497 e. The molecule has 0 radical (unpaired) electrons. The van der Waals surface area contributed by atoms with Crippen LogP contribution in [0.5, 0.6) is 11.5 Å². The van der Waals surface area contributed by atoms with E-state index in [-0.39, 0.29) is 22.4 Å². The number of nitrogens with zero attached hydrogens (tertiary/aromatic N) is 1. The lowest BCUT2D eigenvalue weighted by molar-refractivity contribution is 0.0923. The first-order valence-electron chi connectivity index (χ1n) is 9.57. The molecule has 174 valence electrons. The molecule has 0 bridgehead atoms. The van der Waals surface area contributed by atoms with Gasteiger partial charge in [0.15, 0.2) is 0 Å². The third kappa shape index (κ3) is 4.19. The molecular formula is C23H14Br4N2O5. The highest BCUT2D eigenvalue weighted by molar-refractivity contribution is 9.15. The summed E-state index contributed by atoms with van der Waals surface area (Å²) in [6.45, 7) is 0. The smallest absolute Gasteiger partial charge is 0.267 e. The monoisotopic (exact) mass is 714 g/mol. The van der Waals surface area contributed by atoms with Crippen molar-refractivity contribution in [2.24, 2.45) is 0 Å². The minimum absolute atomic E-state index is 0.225. The van der Waals surface area contributed by atoms with E-state index >= 15 is 0 Å². The number of fused-ring (bicyclic) bond motifs is 1. The van der Waals surface area contributed by atoms with E-state index < -0.39 is 17.7 Å². The van der Waals surface area contributed by atoms with Crippen LogP contribution in [0, 0.1) is 0 Å². The lowest BCUT2D eigenvalue weighted by Crippen LogP contribution is -2.29. The van der Waals surface area contributed by atoms with Crippen LogP contribution in [0.1, 0.15) is 31.1 Å². The number of carbonyl (C=O) groups is 3. The maximum atomic E-state index is 13.3. The summed E-state index contributed by atoms with van der Waals surface area (Å²) in [5, 5.41) is 2.78. The van der Waals surface area contributed by atoms with Gasteiger partial charge in [-0.05, 0) is 94.1 Å². The van der Waals surface area contributed by atoms with Crippen molar-refractivity contribution in [2.45, 2.75) is 0 Å². The first kappa shape index (κ1) is 24.9. The highest BCUT2D eigenvalue weighted by Crippen LogP contribution is 2.46. The Morgan fingerprint density at radius 3 is 2.00 bits per heavy atom. The Balaban J connectivity index is 1.69. The fourth-order valence-electron chi connectivity index (χ4n) is 3.48. The molecule has 1 N–H and O–H groups in total. The SMILES string of the molecule is COc1ccc(OC)c(NC(=O)c2cccc(N3C(=O)c4c(Br)c(Br)c(Br)c(Br)c4C3=O)c2)c1. The van der Waals surface area contributed by atoms with Crippen LogP contribution in [0.25, 0.3) is 0 Å². The first-order valence-corrected chi connectivity index (χ1v) is 12.7. The van der Waals surface area contributed by atoms with Gasteiger partial charge in [-0.3, -0.25) is 14.4 Å². The number of ether oxygens (including phenoxy) is 2. The van der Waals surface area contributed by atoms with Crippen molar-refractivity contribution in [1.29, 1.82) is 0 Å². The van der Waals surface area contributed by atoms with Gasteiger partial charge in [0.2, 0.25) is 0 Å². The lowest BCUT2D eigenvalue weighted by atomic mass is 10.1. The Bertz CT molecular complexity index is 1330. The van der Waals surface area contributed by atoms with Crippen LogP contribution >= 0.6 is 63.7 Å². The van der Waals surface area contributed by atoms with Crippen LogP contribution in [0.3, 0.4) is 0 Å². The van der Waals surface area contributed by atoms with Crippen molar-refractivity contribution < 1.29 is 23.9 Å². The summed E-state index contributed by atoms with van der Waals surface area (Å²) in [6, 6.07) is 11.3. The molecule has 1 heterocycles. The third-order valence-corrected chi connectivity index (χ3v) is 9.89. The lowest BCUT2D eigenvalue weighted by Gasteiger charge is -2.16. The van der Waals surface area contributed by atoms with Gasteiger partial charge < -0.3 is 14.8 Å². The Morgan fingerprint density at radius 1 is 0.824 bits per heavy atom. The average Bonchev–Trinajstić information content (AvgIpc) is 3.11. The van der Waals surface area contributed by atoms with E-state index in [2.05, 4.69) is 69.0 Å². The summed E-state index contributed by atoms with van der Waals surface area (Å²) in [4.78, 5) is 40.6. The molecule has 0 saturated carbocycles. The molecule has 4 rings (SSSR count). The molecule has 7 nitrogen and oxygen atoms in total. The molecule has 1 aliphatic heterocycles. The molecule has 34 heavy (non-hydrogen) atoms. The predicted octanol–water partition coefficient (Wildman–Crippen LogP) is 6.81. The number of hydrogen-bond acceptors (Lipinski definition) is 5. The molecular weight excluding hydrogens is 704 g/mol. The number of amides is 3. The Hall–Kier alpha value is -2.21. The minimum atomic E-state index is -0.507. The highest BCUT2D eigenvalue weighted by Gasteiger charge is 2.42. The van der Waals surface area contributed by atoms with Crippen LogP contribution in [-0.2, 0) is 0 Å². The molecule has 0 atom stereocenters. The van der Waals surface area contributed by atoms with Gasteiger partial charge in [-0.1, -0.05) is 6.07 Å². The molecule has 1 aliphatic rings. The molecule has 0 spiro atoms. The maximum absolute atomic E-state index is 13.3. The summed E-state index contributed by atoms with van der Waals surface area (Å²) in [6.07, 6.45) is 0. The predicted molar refractivity (Wildman–Crippen MR) is 142 cm³/mol. The van der Waals surface area contributed by atoms with Crippen LogP contribution < -0.4 is 19.7 Å². The topological polar surface area (TPSA) is 84.9 Å². The van der Waals surface area contributed by atoms with Crippen molar-refractivity contribution in [2.75, 3.05) is 24.4 Å². The molecule has 0 aromatic heterocycles. The summed E-state index contributed by atoms with van der Waals surface area (Å²) in [7, 11) is 3.01. The fraction of sp³-hybridized carbons (Fsp3) is 0.0870. The number of benzene rings is 3. The number of anilines is 2. The normalized spacial score (nSPS) is 12.6. The number of carbonyl (C=O) groups excluding carboxylic acids is 3. The first-order chi connectivity index (χ1) is 16.2. The van der Waals surface area contributed by atoms with E-state index in [1.807, 2.05) is 0 Å². The van der Waals surface area contributed by atoms with E-state index in [1.165, 1.54) is 20.3 Å². The molecule has 0 unspecified atom stereocenters. The van der Waals surface area contributed by atoms with Gasteiger partial charge in [0.05, 0.1) is 36.7 Å². The number of halogens is 4. The standard InChI is InChI=1S/C23H14Br4N2O5/c1-33-12-6-7-14(34-2)13(9-12)28-21(30)10-4-3-5-11(8-10)29-22(31)15-16(23(29)32)18(25)20(27)19(26)17(15)24/h3-9H,1-2H3,(H,28,30). The van der Waals surface area contributed by atoms with Crippen molar-refractivity contribution in [1.82, 2.24) is 0 Å². The Morgan fingerprint density at radius 2 is 1.44 bits per heavy atom. The van der Waals surface area contributed by atoms with Crippen molar-refractivity contribution in [3.63, 3.8) is 0 Å². The van der Waals surface area contributed by atoms with Crippen LogP contribution in [-0.4, -0.2) is 31.9 Å². The number of methoxy groups -OCH3 is 2. The van der Waals surface area contributed by atoms with E-state index in [9.17, 15) is 14.4 Å². The van der Waals surface area contributed by atoms with Gasteiger partial charge >= 0.3 is 0 Å². The van der Waals surface area contributed by atoms with E-state index in [0.29, 0.717) is 35.1 Å². The molecule has 3 aromatic carbocycles. The van der Waals surface area contributed by atoms with Crippen LogP contribution in [0.2, 0.25) is 0 Å². The Labute approximate surface area is 228 Å². The minimum Gasteiger partial charge on any atom is -0.497 e. The van der Waals surface area contributed by atoms with Crippen LogP contribution in [0.4, 0.5) is 11.4 Å². The molecule has 3 aromatic rings.